The number of alkyl halides is 3. The zero-order chi connectivity index (χ0) is 28.0. The molecule has 0 aliphatic carbocycles. The Morgan fingerprint density at radius 2 is 1.79 bits per heavy atom. The third kappa shape index (κ3) is 7.78. The number of amides is 3. The molecular weight excluding hydrogens is 529 g/mol. The number of fused-ring (bicyclic) bond motifs is 1. The fraction of sp³-hybridized carbons (Fsp3) is 0.429. The van der Waals surface area contributed by atoms with Crippen molar-refractivity contribution in [3.63, 3.8) is 0 Å². The summed E-state index contributed by atoms with van der Waals surface area (Å²) in [5, 5.41) is 6.00. The second-order valence-corrected chi connectivity index (χ2v) is 10.8. The van der Waals surface area contributed by atoms with Crippen molar-refractivity contribution in [3.8, 4) is 0 Å². The summed E-state index contributed by atoms with van der Waals surface area (Å²) in [4.78, 5) is 45.5. The number of hydrogen-bond acceptors (Lipinski definition) is 5. The number of aromatic nitrogens is 1. The van der Waals surface area contributed by atoms with Gasteiger partial charge in [-0.3, -0.25) is 14.4 Å². The largest absolute Gasteiger partial charge is 0.389 e. The Bertz CT molecular complexity index is 1260. The highest BCUT2D eigenvalue weighted by molar-refractivity contribution is 7.18. The van der Waals surface area contributed by atoms with Crippen LogP contribution in [0.4, 0.5) is 13.2 Å². The molecule has 208 valence electrons. The van der Waals surface area contributed by atoms with Crippen molar-refractivity contribution in [2.45, 2.75) is 69.8 Å². The maximum absolute atomic E-state index is 13.4. The molecule has 1 saturated heterocycles. The molecule has 0 unspecified atom stereocenters. The number of nitrogens with zero attached hydrogens (tertiary/aromatic N) is 2. The van der Waals surface area contributed by atoms with Crippen LogP contribution in [-0.4, -0.2) is 46.4 Å². The van der Waals surface area contributed by atoms with Gasteiger partial charge in [-0.2, -0.15) is 13.2 Å². The smallest absolute Gasteiger partial charge is 0.345 e. The first-order valence-corrected chi connectivity index (χ1v) is 13.8. The molecule has 4 rings (SSSR count). The van der Waals surface area contributed by atoms with Gasteiger partial charge in [0, 0.05) is 19.4 Å². The summed E-state index contributed by atoms with van der Waals surface area (Å²) in [5.74, 6) is -1.60. The molecule has 2 aromatic carbocycles. The summed E-state index contributed by atoms with van der Waals surface area (Å²) in [6.07, 6.45) is -4.99. The maximum Gasteiger partial charge on any atom is 0.389 e. The van der Waals surface area contributed by atoms with Crippen LogP contribution in [0.5, 0.6) is 0 Å². The molecule has 3 aromatic rings. The predicted octanol–water partition coefficient (Wildman–Crippen LogP) is 5.44. The van der Waals surface area contributed by atoms with E-state index in [2.05, 4.69) is 15.6 Å². The minimum absolute atomic E-state index is 0.133. The summed E-state index contributed by atoms with van der Waals surface area (Å²) in [6, 6.07) is 15.3. The SMILES string of the molecule is C[C@H](NC(=O)[C@H](CC(=O)N1CCC[C@@H]1c1ccccc1)NC(=O)CCCC(F)(F)F)c1nc2ccccc2s1. The van der Waals surface area contributed by atoms with Gasteiger partial charge in [-0.25, -0.2) is 4.98 Å². The number of benzene rings is 2. The predicted molar refractivity (Wildman–Crippen MR) is 143 cm³/mol. The maximum atomic E-state index is 13.4. The second-order valence-electron chi connectivity index (χ2n) is 9.70. The van der Waals surface area contributed by atoms with Gasteiger partial charge in [-0.05, 0) is 43.9 Å². The van der Waals surface area contributed by atoms with Crippen molar-refractivity contribution in [2.24, 2.45) is 0 Å². The number of likely N-dealkylation sites (tertiary alicyclic amines) is 1. The molecule has 1 fully saturated rings. The van der Waals surface area contributed by atoms with Crippen LogP contribution in [-0.2, 0) is 14.4 Å². The minimum atomic E-state index is -4.37. The molecule has 39 heavy (non-hydrogen) atoms. The van der Waals surface area contributed by atoms with E-state index in [4.69, 9.17) is 0 Å². The molecule has 0 radical (unpaired) electrons. The van der Waals surface area contributed by atoms with E-state index in [-0.39, 0.29) is 18.4 Å². The molecule has 0 bridgehead atoms. The number of nitrogens with one attached hydrogen (secondary N) is 2. The quantitative estimate of drug-likeness (QED) is 0.345. The van der Waals surface area contributed by atoms with Gasteiger partial charge in [0.25, 0.3) is 0 Å². The highest BCUT2D eigenvalue weighted by Crippen LogP contribution is 2.32. The molecule has 3 atom stereocenters. The lowest BCUT2D eigenvalue weighted by atomic mass is 10.0. The van der Waals surface area contributed by atoms with E-state index in [0.717, 1.165) is 28.6 Å². The number of halogens is 3. The van der Waals surface area contributed by atoms with Crippen LogP contribution >= 0.6 is 11.3 Å². The van der Waals surface area contributed by atoms with Gasteiger partial charge in [0.1, 0.15) is 11.0 Å². The molecule has 1 aliphatic rings. The van der Waals surface area contributed by atoms with Crippen LogP contribution in [0.3, 0.4) is 0 Å². The molecule has 7 nitrogen and oxygen atoms in total. The molecule has 3 amide bonds. The second kappa shape index (κ2) is 12.6. The number of carbonyl (C=O) groups excluding carboxylic acids is 3. The Kier molecular flexibility index (Phi) is 9.21. The van der Waals surface area contributed by atoms with Crippen molar-refractivity contribution < 1.29 is 27.6 Å². The summed E-state index contributed by atoms with van der Waals surface area (Å²) in [5.41, 5.74) is 1.79. The van der Waals surface area contributed by atoms with E-state index in [9.17, 15) is 27.6 Å². The standard InChI is InChI=1S/C28H31F3N4O3S/c1-18(27-34-20-11-5-6-13-23(20)39-27)32-26(38)21(33-24(36)14-7-15-28(29,30)31)17-25(37)35-16-8-12-22(35)19-9-3-2-4-10-19/h2-6,9-11,13,18,21-22H,7-8,12,14-17H2,1H3,(H,32,38)(H,33,36)/t18-,21-,22+/m0/s1. The van der Waals surface area contributed by atoms with E-state index in [1.54, 1.807) is 11.8 Å². The summed E-state index contributed by atoms with van der Waals surface area (Å²) >= 11 is 1.42. The number of thiazole rings is 1. The normalized spacial score (nSPS) is 17.1. The van der Waals surface area contributed by atoms with Crippen LogP contribution in [0.2, 0.25) is 0 Å². The first kappa shape index (κ1) is 28.5. The molecule has 2 N–H and O–H groups in total. The topological polar surface area (TPSA) is 91.4 Å². The molecular formula is C28H31F3N4O3S. The molecule has 0 spiro atoms. The Morgan fingerprint density at radius 3 is 2.51 bits per heavy atom. The van der Waals surface area contributed by atoms with E-state index >= 15 is 0 Å². The Labute approximate surface area is 228 Å². The van der Waals surface area contributed by atoms with Gasteiger partial charge in [-0.1, -0.05) is 42.5 Å². The van der Waals surface area contributed by atoms with Crippen LogP contribution in [0, 0.1) is 0 Å². The van der Waals surface area contributed by atoms with Gasteiger partial charge in [0.05, 0.1) is 28.7 Å². The van der Waals surface area contributed by atoms with Crippen molar-refractivity contribution in [1.82, 2.24) is 20.5 Å². The van der Waals surface area contributed by atoms with E-state index in [1.807, 2.05) is 54.6 Å². The van der Waals surface area contributed by atoms with Crippen molar-refractivity contribution >= 4 is 39.3 Å². The Morgan fingerprint density at radius 1 is 1.08 bits per heavy atom. The number of para-hydroxylation sites is 1. The third-order valence-corrected chi connectivity index (χ3v) is 7.91. The van der Waals surface area contributed by atoms with Crippen molar-refractivity contribution in [1.29, 1.82) is 0 Å². The fourth-order valence-corrected chi connectivity index (χ4v) is 5.72. The van der Waals surface area contributed by atoms with Crippen LogP contribution in [0.25, 0.3) is 10.2 Å². The number of carbonyl (C=O) groups is 3. The first-order valence-electron chi connectivity index (χ1n) is 13.0. The third-order valence-electron chi connectivity index (χ3n) is 6.69. The zero-order valence-corrected chi connectivity index (χ0v) is 22.4. The summed E-state index contributed by atoms with van der Waals surface area (Å²) < 4.78 is 38.6. The van der Waals surface area contributed by atoms with Gasteiger partial charge >= 0.3 is 6.18 Å². The zero-order valence-electron chi connectivity index (χ0n) is 21.5. The molecule has 0 saturated carbocycles. The highest BCUT2D eigenvalue weighted by Gasteiger charge is 2.34. The van der Waals surface area contributed by atoms with Crippen LogP contribution in [0.15, 0.2) is 54.6 Å². The summed E-state index contributed by atoms with van der Waals surface area (Å²) in [6.45, 7) is 2.28. The van der Waals surface area contributed by atoms with Crippen LogP contribution < -0.4 is 10.6 Å². The van der Waals surface area contributed by atoms with Crippen molar-refractivity contribution in [3.05, 3.63) is 65.2 Å². The lowest BCUT2D eigenvalue weighted by Crippen LogP contribution is -2.50. The molecule has 2 heterocycles. The van der Waals surface area contributed by atoms with Gasteiger partial charge < -0.3 is 15.5 Å². The van der Waals surface area contributed by atoms with Crippen LogP contribution in [0.1, 0.15) is 68.1 Å². The average molecular weight is 561 g/mol. The number of hydrogen-bond donors (Lipinski definition) is 2. The molecule has 11 heteroatoms. The lowest BCUT2D eigenvalue weighted by Gasteiger charge is -2.27. The molecule has 1 aliphatic heterocycles. The van der Waals surface area contributed by atoms with E-state index in [0.29, 0.717) is 11.6 Å². The van der Waals surface area contributed by atoms with Gasteiger partial charge in [0.15, 0.2) is 0 Å². The minimum Gasteiger partial charge on any atom is -0.345 e. The first-order chi connectivity index (χ1) is 18.6. The summed E-state index contributed by atoms with van der Waals surface area (Å²) in [7, 11) is 0. The number of rotatable bonds is 10. The van der Waals surface area contributed by atoms with E-state index in [1.165, 1.54) is 11.3 Å². The van der Waals surface area contributed by atoms with E-state index < -0.39 is 49.3 Å². The Balaban J connectivity index is 1.46. The van der Waals surface area contributed by atoms with Crippen molar-refractivity contribution in [2.75, 3.05) is 6.54 Å². The fourth-order valence-electron chi connectivity index (χ4n) is 4.75. The Hall–Kier alpha value is -3.47. The molecule has 1 aromatic heterocycles. The lowest BCUT2D eigenvalue weighted by molar-refractivity contribution is -0.139. The van der Waals surface area contributed by atoms with Gasteiger partial charge in [-0.15, -0.1) is 11.3 Å². The average Bonchev–Trinajstić information content (AvgIpc) is 3.56. The monoisotopic (exact) mass is 560 g/mol. The van der Waals surface area contributed by atoms with Gasteiger partial charge in [0.2, 0.25) is 17.7 Å². The highest BCUT2D eigenvalue weighted by atomic mass is 32.1.